The second-order valence-corrected chi connectivity index (χ2v) is 15.4. The first-order valence-electron chi connectivity index (χ1n) is 17.2. The molecule has 0 radical (unpaired) electrons. The number of hydrogen-bond donors (Lipinski definition) is 3. The second kappa shape index (κ2) is 15.8. The number of fused-ring (bicyclic) bond motifs is 1. The molecule has 1 heterocycles. The van der Waals surface area contributed by atoms with Crippen LogP contribution in [0.15, 0.2) is 58.6 Å². The first-order chi connectivity index (χ1) is 23.8. The van der Waals surface area contributed by atoms with Gasteiger partial charge in [0.1, 0.15) is 23.5 Å². The normalized spacial score (nSPS) is 15.5. The molecule has 2 aliphatic rings. The summed E-state index contributed by atoms with van der Waals surface area (Å²) in [5.74, 6) is -0.0749. The number of hydrogen-bond acceptors (Lipinski definition) is 9. The summed E-state index contributed by atoms with van der Waals surface area (Å²) in [6.45, 7) is 15.3. The van der Waals surface area contributed by atoms with E-state index in [-0.39, 0.29) is 18.5 Å². The Balaban J connectivity index is 1.70. The molecule has 2 aromatic rings. The predicted molar refractivity (Wildman–Crippen MR) is 195 cm³/mol. The van der Waals surface area contributed by atoms with Crippen molar-refractivity contribution < 1.29 is 33.4 Å². The third-order valence-electron chi connectivity index (χ3n) is 7.41. The smallest absolute Gasteiger partial charge is 0.414 e. The van der Waals surface area contributed by atoms with E-state index >= 15 is 0 Å². The average molecular weight is 706 g/mol. The molecule has 1 aliphatic heterocycles. The third kappa shape index (κ3) is 11.7. The lowest BCUT2D eigenvalue weighted by Gasteiger charge is -2.27. The molecular weight excluding hydrogens is 654 g/mol. The van der Waals surface area contributed by atoms with E-state index in [0.29, 0.717) is 17.1 Å². The van der Waals surface area contributed by atoms with Gasteiger partial charge >= 0.3 is 24.3 Å². The van der Waals surface area contributed by atoms with Gasteiger partial charge in [-0.3, -0.25) is 15.5 Å². The molecule has 5 amide bonds. The average Bonchev–Trinajstić information content (AvgIpc) is 3.12. The minimum atomic E-state index is -0.824. The maximum Gasteiger partial charge on any atom is 0.414 e. The summed E-state index contributed by atoms with van der Waals surface area (Å²) >= 11 is 0. The van der Waals surface area contributed by atoms with Crippen LogP contribution in [-0.2, 0) is 14.2 Å². The molecule has 51 heavy (non-hydrogen) atoms. The summed E-state index contributed by atoms with van der Waals surface area (Å²) in [6, 6.07) is 13.8. The lowest BCUT2D eigenvalue weighted by atomic mass is 9.83. The van der Waals surface area contributed by atoms with Crippen LogP contribution in [0.2, 0.25) is 0 Å². The number of alkyl carbamates (subject to hydrolysis) is 3. The van der Waals surface area contributed by atoms with E-state index in [9.17, 15) is 19.2 Å². The molecular formula is C37H51N7O7. The highest BCUT2D eigenvalue weighted by atomic mass is 16.6. The number of rotatable bonds is 5. The van der Waals surface area contributed by atoms with Crippen LogP contribution in [-0.4, -0.2) is 64.5 Å². The Morgan fingerprint density at radius 1 is 0.765 bits per heavy atom. The zero-order valence-corrected chi connectivity index (χ0v) is 31.1. The Hall–Kier alpha value is -5.14. The SMILES string of the molecule is CC(C)(C)OC(=O)NCN1N=C(C2CCCCC2)c2ccccc2N(c2ccc(N=C(NC(=O)OC(C)(C)C)NC(=O)OC(C)(C)C)cc2)C1=O. The maximum absolute atomic E-state index is 14.4. The zero-order valence-electron chi connectivity index (χ0n) is 31.1. The number of carbonyl (C=O) groups is 4. The number of guanidine groups is 1. The Morgan fingerprint density at radius 3 is 1.84 bits per heavy atom. The van der Waals surface area contributed by atoms with Crippen molar-refractivity contribution >= 4 is 53.0 Å². The van der Waals surface area contributed by atoms with Gasteiger partial charge < -0.3 is 19.5 Å². The van der Waals surface area contributed by atoms with E-state index in [4.69, 9.17) is 19.3 Å². The molecule has 1 saturated carbocycles. The summed E-state index contributed by atoms with van der Waals surface area (Å²) in [7, 11) is 0. The van der Waals surface area contributed by atoms with Gasteiger partial charge in [0.05, 0.1) is 22.8 Å². The van der Waals surface area contributed by atoms with Gasteiger partial charge in [-0.2, -0.15) is 10.1 Å². The molecule has 276 valence electrons. The number of carbonyl (C=O) groups excluding carboxylic acids is 4. The molecule has 4 rings (SSSR count). The zero-order chi connectivity index (χ0) is 37.6. The van der Waals surface area contributed by atoms with E-state index in [1.165, 1.54) is 9.91 Å². The van der Waals surface area contributed by atoms with Gasteiger partial charge in [-0.05, 0) is 105 Å². The first-order valence-corrected chi connectivity index (χ1v) is 17.2. The summed E-state index contributed by atoms with van der Waals surface area (Å²) in [4.78, 5) is 58.2. The number of para-hydroxylation sites is 1. The lowest BCUT2D eigenvalue weighted by Crippen LogP contribution is -2.47. The molecule has 3 N–H and O–H groups in total. The second-order valence-electron chi connectivity index (χ2n) is 15.4. The van der Waals surface area contributed by atoms with E-state index in [1.807, 2.05) is 24.3 Å². The van der Waals surface area contributed by atoms with Crippen LogP contribution in [0.1, 0.15) is 100.0 Å². The highest BCUT2D eigenvalue weighted by Gasteiger charge is 2.34. The lowest BCUT2D eigenvalue weighted by molar-refractivity contribution is 0.0497. The summed E-state index contributed by atoms with van der Waals surface area (Å²) in [5, 5.41) is 13.8. The van der Waals surface area contributed by atoms with E-state index < -0.39 is 41.1 Å². The van der Waals surface area contributed by atoms with Gasteiger partial charge in [0.15, 0.2) is 0 Å². The standard InChI is InChI=1S/C37H51N7O7/c1-35(2,3)49-31(45)38-23-43-34(48)44(28-18-14-13-17-27(28)29(42-43)24-15-11-10-12-16-24)26-21-19-25(20-22-26)39-30(40-32(46)50-36(4,5)6)41-33(47)51-37(7,8)9/h13-14,17-22,24H,10-12,15-16,23H2,1-9H3,(H,38,45)(H2,39,40,41,46,47). The van der Waals surface area contributed by atoms with Crippen LogP contribution < -0.4 is 20.9 Å². The van der Waals surface area contributed by atoms with Crippen molar-refractivity contribution in [1.82, 2.24) is 21.0 Å². The Kier molecular flexibility index (Phi) is 12.0. The molecule has 0 unspecified atom stereocenters. The summed E-state index contributed by atoms with van der Waals surface area (Å²) in [5.41, 5.74) is 0.784. The molecule has 0 spiro atoms. The number of ether oxygens (including phenoxy) is 3. The number of benzene rings is 2. The molecule has 0 atom stereocenters. The number of nitrogens with one attached hydrogen (secondary N) is 3. The first kappa shape index (κ1) is 38.7. The fourth-order valence-corrected chi connectivity index (χ4v) is 5.51. The number of aliphatic imine (C=N–C) groups is 1. The molecule has 2 aromatic carbocycles. The quantitative estimate of drug-likeness (QED) is 0.161. The predicted octanol–water partition coefficient (Wildman–Crippen LogP) is 8.06. The monoisotopic (exact) mass is 705 g/mol. The minimum Gasteiger partial charge on any atom is -0.444 e. The highest BCUT2D eigenvalue weighted by molar-refractivity contribution is 6.14. The molecule has 0 saturated heterocycles. The van der Waals surface area contributed by atoms with Gasteiger partial charge in [-0.15, -0.1) is 0 Å². The van der Waals surface area contributed by atoms with E-state index in [2.05, 4.69) is 20.9 Å². The van der Waals surface area contributed by atoms with Gasteiger partial charge in [0.25, 0.3) is 0 Å². The summed E-state index contributed by atoms with van der Waals surface area (Å²) < 4.78 is 16.1. The largest absolute Gasteiger partial charge is 0.444 e. The Bertz CT molecular complexity index is 1610. The number of nitrogens with zero attached hydrogens (tertiary/aromatic N) is 4. The summed E-state index contributed by atoms with van der Waals surface area (Å²) in [6.07, 6.45) is 2.85. The molecule has 14 heteroatoms. The van der Waals surface area contributed by atoms with Crippen LogP contribution in [0.5, 0.6) is 0 Å². The van der Waals surface area contributed by atoms with E-state index in [1.54, 1.807) is 86.6 Å². The van der Waals surface area contributed by atoms with Crippen molar-refractivity contribution in [3.63, 3.8) is 0 Å². The van der Waals surface area contributed by atoms with Crippen molar-refractivity contribution in [3.05, 3.63) is 54.1 Å². The topological polar surface area (TPSA) is 163 Å². The molecule has 0 aromatic heterocycles. The van der Waals surface area contributed by atoms with Gasteiger partial charge in [-0.25, -0.2) is 24.2 Å². The fourth-order valence-electron chi connectivity index (χ4n) is 5.51. The van der Waals surface area contributed by atoms with Gasteiger partial charge in [0.2, 0.25) is 5.96 Å². The number of hydrazone groups is 1. The molecule has 0 bridgehead atoms. The maximum atomic E-state index is 14.4. The van der Waals surface area contributed by atoms with Crippen LogP contribution in [0.4, 0.5) is 36.2 Å². The van der Waals surface area contributed by atoms with Crippen LogP contribution in [0, 0.1) is 5.92 Å². The van der Waals surface area contributed by atoms with Crippen molar-refractivity contribution in [2.24, 2.45) is 16.0 Å². The fraction of sp³-hybridized carbons (Fsp3) is 0.514. The van der Waals surface area contributed by atoms with Crippen molar-refractivity contribution in [2.45, 2.75) is 111 Å². The minimum absolute atomic E-state index is 0.141. The Morgan fingerprint density at radius 2 is 1.29 bits per heavy atom. The Labute approximate surface area is 300 Å². The number of anilines is 2. The molecule has 14 nitrogen and oxygen atoms in total. The van der Waals surface area contributed by atoms with Crippen molar-refractivity contribution in [1.29, 1.82) is 0 Å². The van der Waals surface area contributed by atoms with Crippen molar-refractivity contribution in [2.75, 3.05) is 11.6 Å². The van der Waals surface area contributed by atoms with Crippen LogP contribution in [0.25, 0.3) is 0 Å². The van der Waals surface area contributed by atoms with Gasteiger partial charge in [-0.1, -0.05) is 37.5 Å². The van der Waals surface area contributed by atoms with E-state index in [0.717, 1.165) is 43.4 Å². The van der Waals surface area contributed by atoms with Crippen LogP contribution in [0.3, 0.4) is 0 Å². The highest BCUT2D eigenvalue weighted by Crippen LogP contribution is 2.37. The molecule has 1 aliphatic carbocycles. The van der Waals surface area contributed by atoms with Crippen molar-refractivity contribution in [3.8, 4) is 0 Å². The van der Waals surface area contributed by atoms with Crippen LogP contribution >= 0.6 is 0 Å². The molecule has 1 fully saturated rings. The number of urea groups is 1. The number of amides is 5. The van der Waals surface area contributed by atoms with Gasteiger partial charge in [0, 0.05) is 11.5 Å². The third-order valence-corrected chi connectivity index (χ3v) is 7.41.